The average Bonchev–Trinajstić information content (AvgIpc) is 3.22. The molecule has 6 nitrogen and oxygen atoms in total. The summed E-state index contributed by atoms with van der Waals surface area (Å²) in [5, 5.41) is 6.36. The van der Waals surface area contributed by atoms with E-state index >= 15 is 0 Å². The van der Waals surface area contributed by atoms with E-state index in [4.69, 9.17) is 9.47 Å². The number of hydrogen-bond acceptors (Lipinski definition) is 6. The number of carbonyl (C=O) groups excluding carboxylic acids is 2. The van der Waals surface area contributed by atoms with Crippen molar-refractivity contribution in [1.82, 2.24) is 0 Å². The first-order chi connectivity index (χ1) is 10.4. The molecule has 0 amide bonds. The predicted molar refractivity (Wildman–Crippen MR) is 81.1 cm³/mol. The van der Waals surface area contributed by atoms with Gasteiger partial charge in [-0.1, -0.05) is 12.1 Å². The van der Waals surface area contributed by atoms with Crippen molar-refractivity contribution in [2.24, 2.45) is 0 Å². The van der Waals surface area contributed by atoms with Crippen molar-refractivity contribution >= 4 is 23.3 Å². The molecule has 1 aliphatic carbocycles. The monoisotopic (exact) mass is 302 g/mol. The summed E-state index contributed by atoms with van der Waals surface area (Å²) in [5.74, 6) is -2.61. The number of esters is 2. The molecule has 2 aliphatic rings. The number of ether oxygens (including phenoxy) is 2. The number of rotatable bonds is 4. The van der Waals surface area contributed by atoms with Crippen LogP contribution in [0.4, 0.5) is 11.4 Å². The van der Waals surface area contributed by atoms with Gasteiger partial charge in [0.05, 0.1) is 11.4 Å². The van der Waals surface area contributed by atoms with Gasteiger partial charge >= 0.3 is 11.9 Å². The molecule has 116 valence electrons. The third-order valence-corrected chi connectivity index (χ3v) is 3.35. The molecule has 0 spiro atoms. The van der Waals surface area contributed by atoms with E-state index in [0.29, 0.717) is 6.04 Å². The largest absolute Gasteiger partial charge is 0.419 e. The molecule has 1 saturated carbocycles. The minimum Gasteiger partial charge on any atom is -0.419 e. The molecule has 1 aliphatic heterocycles. The first-order valence-electron chi connectivity index (χ1n) is 7.23. The topological polar surface area (TPSA) is 76.7 Å². The molecule has 1 aromatic rings. The second-order valence-electron chi connectivity index (χ2n) is 5.85. The number of para-hydroxylation sites is 2. The van der Waals surface area contributed by atoms with E-state index in [1.165, 1.54) is 20.0 Å². The number of cyclic esters (lactones) is 2. The fourth-order valence-corrected chi connectivity index (χ4v) is 2.11. The van der Waals surface area contributed by atoms with Gasteiger partial charge in [-0.05, 0) is 25.0 Å². The summed E-state index contributed by atoms with van der Waals surface area (Å²) in [6.45, 7) is 3.03. The molecule has 2 fully saturated rings. The zero-order chi connectivity index (χ0) is 15.7. The van der Waals surface area contributed by atoms with E-state index in [2.05, 4.69) is 10.6 Å². The molecule has 6 heteroatoms. The number of benzene rings is 1. The maximum Gasteiger partial charge on any atom is 0.350 e. The van der Waals surface area contributed by atoms with Crippen molar-refractivity contribution in [1.29, 1.82) is 0 Å². The molecular formula is C16H18N2O4. The van der Waals surface area contributed by atoms with Crippen LogP contribution in [0.15, 0.2) is 36.0 Å². The zero-order valence-electron chi connectivity index (χ0n) is 12.5. The van der Waals surface area contributed by atoms with Crippen LogP contribution in [0.3, 0.4) is 0 Å². The Balaban J connectivity index is 1.76. The van der Waals surface area contributed by atoms with Crippen LogP contribution >= 0.6 is 0 Å². The van der Waals surface area contributed by atoms with Gasteiger partial charge in [-0.2, -0.15) is 0 Å². The Morgan fingerprint density at radius 3 is 2.27 bits per heavy atom. The number of carbonyl (C=O) groups is 2. The summed E-state index contributed by atoms with van der Waals surface area (Å²) < 4.78 is 10.1. The normalized spacial score (nSPS) is 20.0. The van der Waals surface area contributed by atoms with Crippen molar-refractivity contribution < 1.29 is 19.1 Å². The Morgan fingerprint density at radius 2 is 1.68 bits per heavy atom. The minimum atomic E-state index is -1.23. The fraction of sp³-hybridized carbons (Fsp3) is 0.375. The molecule has 1 saturated heterocycles. The van der Waals surface area contributed by atoms with Gasteiger partial charge in [0, 0.05) is 26.1 Å². The first kappa shape index (κ1) is 14.4. The highest BCUT2D eigenvalue weighted by Gasteiger charge is 2.39. The summed E-state index contributed by atoms with van der Waals surface area (Å²) in [6, 6.07) is 8.11. The van der Waals surface area contributed by atoms with Gasteiger partial charge in [-0.3, -0.25) is 0 Å². The Morgan fingerprint density at radius 1 is 1.09 bits per heavy atom. The Bertz CT molecular complexity index is 625. The van der Waals surface area contributed by atoms with Gasteiger partial charge < -0.3 is 20.1 Å². The van der Waals surface area contributed by atoms with E-state index in [0.717, 1.165) is 24.2 Å². The number of nitrogens with one attached hydrogen (secondary N) is 2. The van der Waals surface area contributed by atoms with Crippen LogP contribution in [-0.4, -0.2) is 23.8 Å². The highest BCUT2D eigenvalue weighted by atomic mass is 16.7. The third-order valence-electron chi connectivity index (χ3n) is 3.35. The Hall–Kier alpha value is -2.50. The molecular weight excluding hydrogens is 284 g/mol. The van der Waals surface area contributed by atoms with E-state index in [-0.39, 0.29) is 5.57 Å². The van der Waals surface area contributed by atoms with Gasteiger partial charge in [-0.25, -0.2) is 9.59 Å². The SMILES string of the molecule is CC1(C)OC(=O)C(=CNc2ccccc2NC2CC2)C(=O)O1. The fourth-order valence-electron chi connectivity index (χ4n) is 2.11. The zero-order valence-corrected chi connectivity index (χ0v) is 12.5. The summed E-state index contributed by atoms with van der Waals surface area (Å²) in [5.41, 5.74) is 1.56. The lowest BCUT2D eigenvalue weighted by Crippen LogP contribution is -2.42. The van der Waals surface area contributed by atoms with Crippen molar-refractivity contribution in [2.75, 3.05) is 10.6 Å². The van der Waals surface area contributed by atoms with Crippen LogP contribution in [0.2, 0.25) is 0 Å². The predicted octanol–water partition coefficient (Wildman–Crippen LogP) is 2.39. The maximum absolute atomic E-state index is 11.9. The second-order valence-corrected chi connectivity index (χ2v) is 5.85. The Labute approximate surface area is 128 Å². The molecule has 0 atom stereocenters. The molecule has 3 rings (SSSR count). The second kappa shape index (κ2) is 5.36. The van der Waals surface area contributed by atoms with Crippen LogP contribution < -0.4 is 10.6 Å². The van der Waals surface area contributed by atoms with Crippen LogP contribution in [0.1, 0.15) is 26.7 Å². The van der Waals surface area contributed by atoms with Gasteiger partial charge in [-0.15, -0.1) is 0 Å². The van der Waals surface area contributed by atoms with Crippen molar-refractivity contribution in [3.63, 3.8) is 0 Å². The van der Waals surface area contributed by atoms with E-state index in [9.17, 15) is 9.59 Å². The molecule has 0 unspecified atom stereocenters. The van der Waals surface area contributed by atoms with E-state index in [1.54, 1.807) is 0 Å². The summed E-state index contributed by atoms with van der Waals surface area (Å²) in [4.78, 5) is 23.7. The quantitative estimate of drug-likeness (QED) is 0.505. The van der Waals surface area contributed by atoms with Crippen molar-refractivity contribution in [2.45, 2.75) is 38.5 Å². The third kappa shape index (κ3) is 3.21. The molecule has 1 heterocycles. The summed E-state index contributed by atoms with van der Waals surface area (Å²) >= 11 is 0. The van der Waals surface area contributed by atoms with Gasteiger partial charge in [0.15, 0.2) is 5.57 Å². The van der Waals surface area contributed by atoms with Crippen LogP contribution in [0.25, 0.3) is 0 Å². The minimum absolute atomic E-state index is 0.152. The highest BCUT2D eigenvalue weighted by molar-refractivity contribution is 6.15. The lowest BCUT2D eigenvalue weighted by atomic mass is 10.2. The summed E-state index contributed by atoms with van der Waals surface area (Å²) in [7, 11) is 0. The first-order valence-corrected chi connectivity index (χ1v) is 7.23. The van der Waals surface area contributed by atoms with Gasteiger partial charge in [0.25, 0.3) is 5.79 Å². The van der Waals surface area contributed by atoms with Crippen LogP contribution in [0.5, 0.6) is 0 Å². The van der Waals surface area contributed by atoms with Crippen molar-refractivity contribution in [3.05, 3.63) is 36.0 Å². The molecule has 0 radical (unpaired) electrons. The standard InChI is InChI=1S/C16H18N2O4/c1-16(2)21-14(19)11(15(20)22-16)9-17-12-5-3-4-6-13(12)18-10-7-8-10/h3-6,9-10,17-18H,7-8H2,1-2H3. The number of anilines is 2. The van der Waals surface area contributed by atoms with E-state index in [1.807, 2.05) is 24.3 Å². The molecule has 2 N–H and O–H groups in total. The van der Waals surface area contributed by atoms with E-state index < -0.39 is 17.7 Å². The maximum atomic E-state index is 11.9. The lowest BCUT2D eigenvalue weighted by Gasteiger charge is -2.29. The average molecular weight is 302 g/mol. The molecule has 22 heavy (non-hydrogen) atoms. The van der Waals surface area contributed by atoms with Crippen LogP contribution in [-0.2, 0) is 19.1 Å². The summed E-state index contributed by atoms with van der Waals surface area (Å²) in [6.07, 6.45) is 3.64. The van der Waals surface area contributed by atoms with Gasteiger partial charge in [0.2, 0.25) is 0 Å². The Kier molecular flexibility index (Phi) is 3.52. The lowest BCUT2D eigenvalue weighted by molar-refractivity contribution is -0.222. The highest BCUT2D eigenvalue weighted by Crippen LogP contribution is 2.30. The van der Waals surface area contributed by atoms with Gasteiger partial charge in [0.1, 0.15) is 0 Å². The van der Waals surface area contributed by atoms with Crippen molar-refractivity contribution in [3.8, 4) is 0 Å². The molecule has 0 aromatic heterocycles. The number of hydrogen-bond donors (Lipinski definition) is 2. The molecule has 1 aromatic carbocycles. The van der Waals surface area contributed by atoms with Crippen LogP contribution in [0, 0.1) is 0 Å². The smallest absolute Gasteiger partial charge is 0.350 e. The molecule has 0 bridgehead atoms.